The van der Waals surface area contributed by atoms with Gasteiger partial charge in [-0.25, -0.2) is 9.59 Å². The number of rotatable bonds is 2. The van der Waals surface area contributed by atoms with E-state index in [9.17, 15) is 14.4 Å². The minimum atomic E-state index is -1.63. The van der Waals surface area contributed by atoms with Crippen molar-refractivity contribution in [1.29, 1.82) is 0 Å². The first kappa shape index (κ1) is 12.5. The van der Waals surface area contributed by atoms with Gasteiger partial charge in [0, 0.05) is 6.42 Å². The average Bonchev–Trinajstić information content (AvgIpc) is 2.66. The van der Waals surface area contributed by atoms with E-state index in [0.717, 1.165) is 22.8 Å². The van der Waals surface area contributed by atoms with Crippen LogP contribution in [0.3, 0.4) is 0 Å². The summed E-state index contributed by atoms with van der Waals surface area (Å²) in [6, 6.07) is 0. The topological polar surface area (TPSA) is 120 Å². The third-order valence-corrected chi connectivity index (χ3v) is 3.82. The molecule has 1 amide bonds. The van der Waals surface area contributed by atoms with Gasteiger partial charge in [0.2, 0.25) is 0 Å². The molecule has 0 radical (unpaired) electrons. The monoisotopic (exact) mass is 271 g/mol. The summed E-state index contributed by atoms with van der Waals surface area (Å²) in [7, 11) is 0. The van der Waals surface area contributed by atoms with Gasteiger partial charge in [-0.2, -0.15) is 0 Å². The number of quaternary nitrogens is 1. The highest BCUT2D eigenvalue weighted by atomic mass is 32.1. The van der Waals surface area contributed by atoms with E-state index in [-0.39, 0.29) is 10.6 Å². The fraction of sp³-hybridized carbons (Fsp3) is 0.300. The number of carboxylic acid groups (broad SMARTS) is 2. The first-order chi connectivity index (χ1) is 8.50. The SMILES string of the molecule is O=C(O)C(=O)Nc1sc2c(c1C(=O)O)CC[NH2+]C2. The number of carboxylic acids is 2. The molecule has 0 aliphatic carbocycles. The predicted molar refractivity (Wildman–Crippen MR) is 61.7 cm³/mol. The molecule has 1 aliphatic heterocycles. The van der Waals surface area contributed by atoms with Crippen LogP contribution >= 0.6 is 11.3 Å². The Bertz CT molecular complexity index is 537. The van der Waals surface area contributed by atoms with Gasteiger partial charge < -0.3 is 20.8 Å². The van der Waals surface area contributed by atoms with Crippen molar-refractivity contribution in [2.24, 2.45) is 0 Å². The van der Waals surface area contributed by atoms with E-state index >= 15 is 0 Å². The van der Waals surface area contributed by atoms with E-state index in [1.54, 1.807) is 0 Å². The largest absolute Gasteiger partial charge is 0.478 e. The lowest BCUT2D eigenvalue weighted by atomic mass is 10.0. The van der Waals surface area contributed by atoms with Gasteiger partial charge in [0.25, 0.3) is 0 Å². The number of anilines is 1. The molecule has 1 aliphatic rings. The number of carbonyl (C=O) groups is 3. The summed E-state index contributed by atoms with van der Waals surface area (Å²) in [4.78, 5) is 33.6. The summed E-state index contributed by atoms with van der Waals surface area (Å²) in [5.41, 5.74) is 0.730. The molecule has 18 heavy (non-hydrogen) atoms. The summed E-state index contributed by atoms with van der Waals surface area (Å²) in [6.07, 6.45) is 0.608. The van der Waals surface area contributed by atoms with E-state index < -0.39 is 17.8 Å². The van der Waals surface area contributed by atoms with Crippen molar-refractivity contribution >= 4 is 34.2 Å². The van der Waals surface area contributed by atoms with Crippen molar-refractivity contribution in [1.82, 2.24) is 0 Å². The molecule has 0 aromatic carbocycles. The molecule has 0 spiro atoms. The number of fused-ring (bicyclic) bond motifs is 1. The van der Waals surface area contributed by atoms with Crippen LogP contribution in [0.2, 0.25) is 0 Å². The second-order valence-corrected chi connectivity index (χ2v) is 4.91. The van der Waals surface area contributed by atoms with E-state index in [2.05, 4.69) is 5.32 Å². The van der Waals surface area contributed by atoms with Crippen LogP contribution in [0.15, 0.2) is 0 Å². The van der Waals surface area contributed by atoms with Crippen LogP contribution in [-0.4, -0.2) is 34.6 Å². The minimum Gasteiger partial charge on any atom is -0.478 e. The van der Waals surface area contributed by atoms with Gasteiger partial charge in [-0.3, -0.25) is 4.79 Å². The predicted octanol–water partition coefficient (Wildman–Crippen LogP) is -0.911. The maximum Gasteiger partial charge on any atom is 0.394 e. The number of nitrogens with one attached hydrogen (secondary N) is 1. The number of carbonyl (C=O) groups excluding carboxylic acids is 1. The second kappa shape index (κ2) is 4.75. The quantitative estimate of drug-likeness (QED) is 0.519. The van der Waals surface area contributed by atoms with Crippen molar-refractivity contribution in [3.05, 3.63) is 16.0 Å². The highest BCUT2D eigenvalue weighted by Gasteiger charge is 2.28. The molecule has 0 unspecified atom stereocenters. The molecule has 5 N–H and O–H groups in total. The lowest BCUT2D eigenvalue weighted by Crippen LogP contribution is -2.84. The van der Waals surface area contributed by atoms with Crippen molar-refractivity contribution in [2.75, 3.05) is 11.9 Å². The maximum atomic E-state index is 11.2. The van der Waals surface area contributed by atoms with E-state index in [0.29, 0.717) is 18.5 Å². The van der Waals surface area contributed by atoms with Gasteiger partial charge in [0.1, 0.15) is 11.5 Å². The van der Waals surface area contributed by atoms with Gasteiger partial charge in [-0.05, 0) is 5.56 Å². The van der Waals surface area contributed by atoms with Crippen LogP contribution in [0, 0.1) is 0 Å². The number of hydrogen-bond acceptors (Lipinski definition) is 4. The third-order valence-electron chi connectivity index (χ3n) is 2.65. The Kier molecular flexibility index (Phi) is 3.30. The zero-order chi connectivity index (χ0) is 13.3. The third kappa shape index (κ3) is 2.20. The van der Waals surface area contributed by atoms with Crippen molar-refractivity contribution < 1.29 is 29.9 Å². The van der Waals surface area contributed by atoms with Crippen LogP contribution in [0.1, 0.15) is 20.8 Å². The normalized spacial score (nSPS) is 13.8. The molecule has 2 heterocycles. The van der Waals surface area contributed by atoms with Crippen LogP contribution < -0.4 is 10.6 Å². The number of nitrogens with two attached hydrogens (primary N) is 1. The highest BCUT2D eigenvalue weighted by Crippen LogP contribution is 2.34. The molecule has 7 nitrogen and oxygen atoms in total. The van der Waals surface area contributed by atoms with Gasteiger partial charge in [-0.15, -0.1) is 11.3 Å². The zero-order valence-electron chi connectivity index (χ0n) is 9.23. The maximum absolute atomic E-state index is 11.2. The van der Waals surface area contributed by atoms with Gasteiger partial charge in [0.05, 0.1) is 17.0 Å². The molecule has 0 fully saturated rings. The molecule has 0 atom stereocenters. The van der Waals surface area contributed by atoms with Crippen LogP contribution in [-0.2, 0) is 22.6 Å². The number of amides is 1. The van der Waals surface area contributed by atoms with E-state index in [4.69, 9.17) is 10.2 Å². The van der Waals surface area contributed by atoms with Gasteiger partial charge in [-0.1, -0.05) is 0 Å². The van der Waals surface area contributed by atoms with Crippen LogP contribution in [0.4, 0.5) is 5.00 Å². The lowest BCUT2D eigenvalue weighted by Gasteiger charge is -2.09. The number of aliphatic carboxylic acids is 1. The molecule has 96 valence electrons. The van der Waals surface area contributed by atoms with Crippen molar-refractivity contribution in [3.8, 4) is 0 Å². The van der Waals surface area contributed by atoms with E-state index in [1.165, 1.54) is 0 Å². The summed E-state index contributed by atoms with van der Waals surface area (Å²) in [5, 5.41) is 21.9. The summed E-state index contributed by atoms with van der Waals surface area (Å²) in [6.45, 7) is 1.44. The van der Waals surface area contributed by atoms with Crippen LogP contribution in [0.25, 0.3) is 0 Å². The smallest absolute Gasteiger partial charge is 0.394 e. The molecule has 0 bridgehead atoms. The summed E-state index contributed by atoms with van der Waals surface area (Å²) >= 11 is 1.13. The van der Waals surface area contributed by atoms with E-state index in [1.807, 2.05) is 5.32 Å². The average molecular weight is 271 g/mol. The molecule has 1 aromatic rings. The molecule has 0 saturated carbocycles. The Labute approximate surface area is 105 Å². The first-order valence-electron chi connectivity index (χ1n) is 5.24. The Morgan fingerprint density at radius 1 is 1.28 bits per heavy atom. The van der Waals surface area contributed by atoms with Gasteiger partial charge >= 0.3 is 17.8 Å². The standard InChI is InChI=1S/C10H10N2O5S/c13-7(10(16)17)12-8-6(9(14)15)4-1-2-11-3-5(4)18-8/h11H,1-3H2,(H,12,13)(H,14,15)(H,16,17)/p+1. The van der Waals surface area contributed by atoms with Gasteiger partial charge in [0.15, 0.2) is 0 Å². The van der Waals surface area contributed by atoms with Crippen LogP contribution in [0.5, 0.6) is 0 Å². The molecule has 2 rings (SSSR count). The molecule has 1 aromatic heterocycles. The Balaban J connectivity index is 2.40. The van der Waals surface area contributed by atoms with Crippen molar-refractivity contribution in [2.45, 2.75) is 13.0 Å². The fourth-order valence-corrected chi connectivity index (χ4v) is 3.12. The Morgan fingerprint density at radius 3 is 2.61 bits per heavy atom. The Morgan fingerprint density at radius 2 is 2.00 bits per heavy atom. The minimum absolute atomic E-state index is 0.0256. The summed E-state index contributed by atoms with van der Waals surface area (Å²) in [5.74, 6) is -4.00. The first-order valence-corrected chi connectivity index (χ1v) is 6.06. The number of thiophene rings is 1. The second-order valence-electron chi connectivity index (χ2n) is 3.80. The fourth-order valence-electron chi connectivity index (χ4n) is 1.89. The van der Waals surface area contributed by atoms with Crippen molar-refractivity contribution in [3.63, 3.8) is 0 Å². The number of aromatic carboxylic acids is 1. The number of hydrogen-bond donors (Lipinski definition) is 4. The zero-order valence-corrected chi connectivity index (χ0v) is 10.0. The molecule has 0 saturated heterocycles. The lowest BCUT2D eigenvalue weighted by molar-refractivity contribution is -0.672. The highest BCUT2D eigenvalue weighted by molar-refractivity contribution is 7.17. The molecule has 8 heteroatoms. The molecular formula is C10H11N2O5S+. The summed E-state index contributed by atoms with van der Waals surface area (Å²) < 4.78 is 0. The molecular weight excluding hydrogens is 260 g/mol. The Hall–Kier alpha value is -1.93.